The first-order chi connectivity index (χ1) is 23.9. The van der Waals surface area contributed by atoms with E-state index in [2.05, 4.69) is 20.8 Å². The van der Waals surface area contributed by atoms with Gasteiger partial charge < -0.3 is 24.2 Å². The van der Waals surface area contributed by atoms with Gasteiger partial charge in [-0.3, -0.25) is 14.6 Å². The normalized spacial score (nSPS) is 22.8. The lowest BCUT2D eigenvalue weighted by Gasteiger charge is -2.42. The topological polar surface area (TPSA) is 101 Å². The van der Waals surface area contributed by atoms with Gasteiger partial charge in [-0.25, -0.2) is 8.78 Å². The summed E-state index contributed by atoms with van der Waals surface area (Å²) < 4.78 is 39.9. The average molecular weight is 677 g/mol. The van der Waals surface area contributed by atoms with Crippen LogP contribution in [0.4, 0.5) is 20.3 Å². The highest BCUT2D eigenvalue weighted by molar-refractivity contribution is 5.88. The predicted molar refractivity (Wildman–Crippen MR) is 181 cm³/mol. The summed E-state index contributed by atoms with van der Waals surface area (Å²) in [4.78, 5) is 34.0. The van der Waals surface area contributed by atoms with Gasteiger partial charge in [0.15, 0.2) is 0 Å². The third-order valence-electron chi connectivity index (χ3n) is 10.9. The van der Waals surface area contributed by atoms with Gasteiger partial charge in [0, 0.05) is 68.7 Å². The summed E-state index contributed by atoms with van der Waals surface area (Å²) in [5.41, 5.74) is 2.28. The van der Waals surface area contributed by atoms with Crippen LogP contribution in [0.15, 0.2) is 36.4 Å². The number of carbonyl (C=O) groups is 1. The Morgan fingerprint density at radius 2 is 1.86 bits per heavy atom. The molecule has 49 heavy (non-hydrogen) atoms. The molecule has 1 aromatic carbocycles. The Morgan fingerprint density at radius 1 is 1.06 bits per heavy atom. The Bertz CT molecular complexity index is 1550. The van der Waals surface area contributed by atoms with Gasteiger partial charge in [0.2, 0.25) is 5.91 Å². The van der Waals surface area contributed by atoms with Crippen LogP contribution in [0.25, 0.3) is 0 Å². The van der Waals surface area contributed by atoms with Crippen molar-refractivity contribution in [2.24, 2.45) is 0 Å². The number of para-hydroxylation sites is 1. The number of nitrogens with zero attached hydrogens (tertiary/aromatic N) is 8. The molecule has 0 bridgehead atoms. The maximum atomic E-state index is 14.0. The van der Waals surface area contributed by atoms with E-state index in [0.29, 0.717) is 77.2 Å². The molecule has 0 spiro atoms. The Labute approximate surface area is 287 Å². The number of alkyl halides is 2. The summed E-state index contributed by atoms with van der Waals surface area (Å²) in [5.74, 6) is 0.666. The maximum Gasteiger partial charge on any atom is 0.318 e. The number of nitriles is 1. The van der Waals surface area contributed by atoms with Crippen molar-refractivity contribution in [3.8, 4) is 12.1 Å². The number of ether oxygens (including phenoxy) is 2. The summed E-state index contributed by atoms with van der Waals surface area (Å²) in [5, 5.41) is 9.75. The van der Waals surface area contributed by atoms with E-state index in [1.165, 1.54) is 6.07 Å². The van der Waals surface area contributed by atoms with Gasteiger partial charge in [-0.1, -0.05) is 24.3 Å². The number of carbonyl (C=O) groups excluding carboxylic acids is 1. The van der Waals surface area contributed by atoms with Gasteiger partial charge in [0.05, 0.1) is 49.5 Å². The zero-order chi connectivity index (χ0) is 33.8. The molecule has 4 saturated heterocycles. The minimum absolute atomic E-state index is 0.0116. The van der Waals surface area contributed by atoms with Crippen LogP contribution in [0, 0.1) is 11.3 Å². The predicted octanol–water partition coefficient (Wildman–Crippen LogP) is 3.80. The third kappa shape index (κ3) is 7.23. The van der Waals surface area contributed by atoms with Crippen molar-refractivity contribution in [2.75, 3.05) is 88.5 Å². The Hall–Kier alpha value is -3.86. The number of rotatable bonds is 10. The highest BCUT2D eigenvalue weighted by atomic mass is 19.3. The average Bonchev–Trinajstić information content (AvgIpc) is 3.71. The molecule has 0 unspecified atom stereocenters. The minimum Gasteiger partial charge on any atom is -0.461 e. The monoisotopic (exact) mass is 676 g/mol. The van der Waals surface area contributed by atoms with E-state index in [4.69, 9.17) is 19.4 Å². The van der Waals surface area contributed by atoms with Crippen LogP contribution in [-0.2, 0) is 22.5 Å². The van der Waals surface area contributed by atoms with E-state index in [0.717, 1.165) is 68.9 Å². The van der Waals surface area contributed by atoms with Gasteiger partial charge in [-0.2, -0.15) is 15.2 Å². The number of halogens is 2. The van der Waals surface area contributed by atoms with Crippen LogP contribution in [-0.4, -0.2) is 121 Å². The first-order valence-electron chi connectivity index (χ1n) is 17.7. The zero-order valence-electron chi connectivity index (χ0n) is 28.1. The molecule has 0 aliphatic carbocycles. The van der Waals surface area contributed by atoms with Gasteiger partial charge in [-0.05, 0) is 51.3 Å². The molecule has 13 heteroatoms. The quantitative estimate of drug-likeness (QED) is 0.346. The van der Waals surface area contributed by atoms with Gasteiger partial charge >= 0.3 is 6.01 Å². The molecule has 5 aliphatic heterocycles. The van der Waals surface area contributed by atoms with Gasteiger partial charge in [-0.15, -0.1) is 0 Å². The van der Waals surface area contributed by atoms with E-state index >= 15 is 0 Å². The molecule has 262 valence electrons. The second-order valence-electron chi connectivity index (χ2n) is 13.8. The summed E-state index contributed by atoms with van der Waals surface area (Å²) in [6, 6.07) is 8.95. The van der Waals surface area contributed by atoms with Crippen LogP contribution in [0.5, 0.6) is 6.01 Å². The van der Waals surface area contributed by atoms with Gasteiger partial charge in [0.1, 0.15) is 12.4 Å². The first-order valence-corrected chi connectivity index (χ1v) is 17.7. The van der Waals surface area contributed by atoms with Crippen molar-refractivity contribution in [3.05, 3.63) is 53.2 Å². The minimum atomic E-state index is -2.58. The SMILES string of the molecule is N#CC[C@H]1CN(c2nc(OCC34CCCN3CCC4)nc3c2CCN(c2ccccc2C(F)F)C3)CCN1C(=O)/C=C/CN1CCOCC1. The fraction of sp³-hybridized carbons (Fsp3) is 0.611. The molecule has 6 heterocycles. The highest BCUT2D eigenvalue weighted by Crippen LogP contribution is 2.40. The molecule has 0 saturated carbocycles. The number of piperazine rings is 1. The fourth-order valence-electron chi connectivity index (χ4n) is 8.34. The lowest BCUT2D eigenvalue weighted by atomic mass is 9.95. The number of fused-ring (bicyclic) bond motifs is 2. The number of benzene rings is 1. The van der Waals surface area contributed by atoms with Crippen molar-refractivity contribution in [1.29, 1.82) is 5.26 Å². The molecule has 1 aromatic heterocycles. The summed E-state index contributed by atoms with van der Waals surface area (Å²) in [7, 11) is 0. The Morgan fingerprint density at radius 3 is 2.63 bits per heavy atom. The fourth-order valence-corrected chi connectivity index (χ4v) is 8.34. The van der Waals surface area contributed by atoms with Crippen molar-refractivity contribution >= 4 is 17.4 Å². The second kappa shape index (κ2) is 14.9. The van der Waals surface area contributed by atoms with E-state index in [-0.39, 0.29) is 29.5 Å². The van der Waals surface area contributed by atoms with Crippen molar-refractivity contribution in [1.82, 2.24) is 24.7 Å². The van der Waals surface area contributed by atoms with Crippen LogP contribution in [0.2, 0.25) is 0 Å². The molecule has 11 nitrogen and oxygen atoms in total. The van der Waals surface area contributed by atoms with E-state index in [1.54, 1.807) is 29.2 Å². The van der Waals surface area contributed by atoms with Gasteiger partial charge in [0.25, 0.3) is 6.43 Å². The van der Waals surface area contributed by atoms with Crippen LogP contribution >= 0.6 is 0 Å². The molecule has 4 fully saturated rings. The van der Waals surface area contributed by atoms with E-state index < -0.39 is 6.43 Å². The number of amides is 1. The molecule has 0 radical (unpaired) electrons. The smallest absolute Gasteiger partial charge is 0.318 e. The molecular formula is C36H46F2N8O3. The standard InChI is InChI=1S/C36H46F2N8O3/c37-33(38)29-6-1-2-7-31(29)43-17-10-28-30(25-43)40-35(49-26-36-11-4-15-45(36)16-5-12-36)41-34(28)44-18-19-46(27(24-44)9-13-39)32(47)8-3-14-42-20-22-48-23-21-42/h1-3,6-8,27,33H,4-5,9-12,14-26H2/b8-3+/t27-/m0/s1. The van der Waals surface area contributed by atoms with E-state index in [1.807, 2.05) is 11.0 Å². The van der Waals surface area contributed by atoms with Crippen LogP contribution in [0.3, 0.4) is 0 Å². The molecular weight excluding hydrogens is 630 g/mol. The summed E-state index contributed by atoms with van der Waals surface area (Å²) in [6.45, 7) is 8.82. The van der Waals surface area contributed by atoms with Crippen LogP contribution in [0.1, 0.15) is 55.4 Å². The third-order valence-corrected chi connectivity index (χ3v) is 10.9. The molecule has 7 rings (SSSR count). The van der Waals surface area contributed by atoms with Crippen LogP contribution < -0.4 is 14.5 Å². The van der Waals surface area contributed by atoms with E-state index in [9.17, 15) is 18.8 Å². The molecule has 5 aliphatic rings. The lowest BCUT2D eigenvalue weighted by molar-refractivity contribution is -0.128. The molecule has 1 amide bonds. The molecule has 0 N–H and O–H groups in total. The highest BCUT2D eigenvalue weighted by Gasteiger charge is 2.45. The molecule has 2 aromatic rings. The summed E-state index contributed by atoms with van der Waals surface area (Å²) >= 11 is 0. The zero-order valence-corrected chi connectivity index (χ0v) is 28.1. The first kappa shape index (κ1) is 33.6. The Balaban J connectivity index is 1.13. The Kier molecular flexibility index (Phi) is 10.3. The molecule has 1 atom stereocenters. The number of aromatic nitrogens is 2. The number of anilines is 2. The summed E-state index contributed by atoms with van der Waals surface area (Å²) in [6.07, 6.45) is 6.23. The number of hydrogen-bond donors (Lipinski definition) is 0. The van der Waals surface area contributed by atoms with Crippen molar-refractivity contribution in [3.63, 3.8) is 0 Å². The van der Waals surface area contributed by atoms with Crippen molar-refractivity contribution in [2.45, 2.75) is 63.1 Å². The number of morpholine rings is 1. The van der Waals surface area contributed by atoms with Crippen molar-refractivity contribution < 1.29 is 23.0 Å². The maximum absolute atomic E-state index is 14.0. The largest absolute Gasteiger partial charge is 0.461 e. The number of hydrogen-bond acceptors (Lipinski definition) is 10. The lowest BCUT2D eigenvalue weighted by Crippen LogP contribution is -2.55. The second-order valence-corrected chi connectivity index (χ2v) is 13.8.